The van der Waals surface area contributed by atoms with E-state index in [0.29, 0.717) is 12.5 Å². The normalized spacial score (nSPS) is 18.1. The predicted molar refractivity (Wildman–Crippen MR) is 57.7 cm³/mol. The quantitative estimate of drug-likeness (QED) is 0.643. The number of methoxy groups -OCH3 is 1. The molecule has 1 fully saturated rings. The van der Waals surface area contributed by atoms with Crippen LogP contribution in [0.1, 0.15) is 26.2 Å². The maximum Gasteiger partial charge on any atom is 0.306 e. The second kappa shape index (κ2) is 6.80. The second-order valence-corrected chi connectivity index (χ2v) is 3.80. The minimum absolute atomic E-state index is 0.125. The molecule has 88 valence electrons. The van der Waals surface area contributed by atoms with E-state index in [-0.39, 0.29) is 5.97 Å². The van der Waals surface area contributed by atoms with E-state index in [1.165, 1.54) is 7.11 Å². The van der Waals surface area contributed by atoms with E-state index in [1.807, 2.05) is 0 Å². The summed E-state index contributed by atoms with van der Waals surface area (Å²) in [5.41, 5.74) is 0. The summed E-state index contributed by atoms with van der Waals surface area (Å²) in [6.07, 6.45) is 2.64. The molecule has 1 aliphatic rings. The Morgan fingerprint density at radius 3 is 2.67 bits per heavy atom. The molecule has 1 aliphatic heterocycles. The molecule has 0 N–H and O–H groups in total. The van der Waals surface area contributed by atoms with E-state index in [0.717, 1.165) is 39.1 Å². The lowest BCUT2D eigenvalue weighted by molar-refractivity contribution is -0.141. The van der Waals surface area contributed by atoms with Crippen molar-refractivity contribution >= 4 is 5.97 Å². The minimum atomic E-state index is -0.125. The van der Waals surface area contributed by atoms with Crippen LogP contribution in [0.3, 0.4) is 0 Å². The fourth-order valence-corrected chi connectivity index (χ4v) is 1.99. The van der Waals surface area contributed by atoms with E-state index >= 15 is 0 Å². The highest BCUT2D eigenvalue weighted by Crippen LogP contribution is 2.14. The van der Waals surface area contributed by atoms with Gasteiger partial charge in [-0.15, -0.1) is 0 Å². The lowest BCUT2D eigenvalue weighted by Crippen LogP contribution is -2.40. The number of esters is 1. The zero-order chi connectivity index (χ0) is 11.1. The zero-order valence-corrected chi connectivity index (χ0v) is 9.70. The summed E-state index contributed by atoms with van der Waals surface area (Å²) in [4.78, 5) is 13.4. The van der Waals surface area contributed by atoms with Crippen LogP contribution in [0.2, 0.25) is 0 Å². The maximum absolute atomic E-state index is 11.0. The lowest BCUT2D eigenvalue weighted by atomic mass is 10.1. The molecular formula is C11H21NO3. The summed E-state index contributed by atoms with van der Waals surface area (Å²) in [6, 6.07) is 0.577. The molecule has 0 spiro atoms. The van der Waals surface area contributed by atoms with E-state index in [1.54, 1.807) is 0 Å². The van der Waals surface area contributed by atoms with Gasteiger partial charge in [0, 0.05) is 25.8 Å². The molecular weight excluding hydrogens is 194 g/mol. The Morgan fingerprint density at radius 2 is 2.13 bits per heavy atom. The van der Waals surface area contributed by atoms with Gasteiger partial charge in [0.25, 0.3) is 0 Å². The number of nitrogens with zero attached hydrogens (tertiary/aromatic N) is 1. The summed E-state index contributed by atoms with van der Waals surface area (Å²) in [6.45, 7) is 5.61. The Kier molecular flexibility index (Phi) is 5.65. The fourth-order valence-electron chi connectivity index (χ4n) is 1.99. The van der Waals surface area contributed by atoms with Crippen molar-refractivity contribution < 1.29 is 14.3 Å². The van der Waals surface area contributed by atoms with Crippen LogP contribution in [0, 0.1) is 0 Å². The molecule has 15 heavy (non-hydrogen) atoms. The minimum Gasteiger partial charge on any atom is -0.469 e. The van der Waals surface area contributed by atoms with Crippen molar-refractivity contribution in [1.29, 1.82) is 0 Å². The van der Waals surface area contributed by atoms with Crippen molar-refractivity contribution in [1.82, 2.24) is 4.90 Å². The third-order valence-corrected chi connectivity index (χ3v) is 2.94. The highest BCUT2D eigenvalue weighted by molar-refractivity contribution is 5.69. The van der Waals surface area contributed by atoms with Crippen LogP contribution in [0.4, 0.5) is 0 Å². The van der Waals surface area contributed by atoms with Crippen molar-refractivity contribution in [2.45, 2.75) is 32.2 Å². The zero-order valence-electron chi connectivity index (χ0n) is 9.70. The topological polar surface area (TPSA) is 38.8 Å². The molecule has 1 saturated heterocycles. The SMILES string of the molecule is CCN(CCC(=O)OC)C1CCOCC1. The van der Waals surface area contributed by atoms with Crippen molar-refractivity contribution in [3.05, 3.63) is 0 Å². The van der Waals surface area contributed by atoms with E-state index < -0.39 is 0 Å². The first-order valence-corrected chi connectivity index (χ1v) is 5.66. The van der Waals surface area contributed by atoms with Gasteiger partial charge in [-0.3, -0.25) is 9.69 Å². The summed E-state index contributed by atoms with van der Waals surface area (Å²) in [7, 11) is 1.44. The highest BCUT2D eigenvalue weighted by Gasteiger charge is 2.20. The first-order valence-electron chi connectivity index (χ1n) is 5.66. The van der Waals surface area contributed by atoms with Gasteiger partial charge in [-0.05, 0) is 19.4 Å². The van der Waals surface area contributed by atoms with Crippen LogP contribution < -0.4 is 0 Å². The molecule has 0 atom stereocenters. The first-order chi connectivity index (χ1) is 7.27. The van der Waals surface area contributed by atoms with Crippen LogP contribution in [0.15, 0.2) is 0 Å². The van der Waals surface area contributed by atoms with Gasteiger partial charge in [-0.25, -0.2) is 0 Å². The number of carbonyl (C=O) groups is 1. The predicted octanol–water partition coefficient (Wildman–Crippen LogP) is 1.05. The van der Waals surface area contributed by atoms with Crippen LogP contribution in [-0.4, -0.2) is 50.3 Å². The Hall–Kier alpha value is -0.610. The molecule has 1 heterocycles. The third kappa shape index (κ3) is 4.18. The van der Waals surface area contributed by atoms with Crippen molar-refractivity contribution in [2.75, 3.05) is 33.4 Å². The van der Waals surface area contributed by atoms with Crippen LogP contribution >= 0.6 is 0 Å². The summed E-state index contributed by atoms with van der Waals surface area (Å²) >= 11 is 0. The third-order valence-electron chi connectivity index (χ3n) is 2.94. The number of ether oxygens (including phenoxy) is 2. The number of rotatable bonds is 5. The molecule has 0 saturated carbocycles. The second-order valence-electron chi connectivity index (χ2n) is 3.80. The molecule has 4 heteroatoms. The lowest BCUT2D eigenvalue weighted by Gasteiger charge is -2.33. The van der Waals surface area contributed by atoms with E-state index in [4.69, 9.17) is 4.74 Å². The Balaban J connectivity index is 2.30. The van der Waals surface area contributed by atoms with Crippen LogP contribution in [0.5, 0.6) is 0 Å². The molecule has 0 aromatic rings. The summed E-state index contributed by atoms with van der Waals surface area (Å²) < 4.78 is 9.96. The fraction of sp³-hybridized carbons (Fsp3) is 0.909. The van der Waals surface area contributed by atoms with Crippen molar-refractivity contribution in [3.8, 4) is 0 Å². The molecule has 0 aromatic heterocycles. The first kappa shape index (κ1) is 12.5. The van der Waals surface area contributed by atoms with Gasteiger partial charge in [0.15, 0.2) is 0 Å². The number of hydrogen-bond donors (Lipinski definition) is 0. The van der Waals surface area contributed by atoms with Crippen LogP contribution in [0.25, 0.3) is 0 Å². The Bertz CT molecular complexity index is 190. The molecule has 0 unspecified atom stereocenters. The molecule has 0 radical (unpaired) electrons. The molecule has 1 rings (SSSR count). The van der Waals surface area contributed by atoms with Crippen molar-refractivity contribution in [2.24, 2.45) is 0 Å². The molecule has 4 nitrogen and oxygen atoms in total. The van der Waals surface area contributed by atoms with Gasteiger partial charge in [0.05, 0.1) is 13.5 Å². The standard InChI is InChI=1S/C11H21NO3/c1-3-12(7-4-11(13)14-2)10-5-8-15-9-6-10/h10H,3-9H2,1-2H3. The number of carbonyl (C=O) groups excluding carboxylic acids is 1. The average molecular weight is 215 g/mol. The van der Waals surface area contributed by atoms with Gasteiger partial charge >= 0.3 is 5.97 Å². The molecule has 0 amide bonds. The van der Waals surface area contributed by atoms with E-state index in [9.17, 15) is 4.79 Å². The van der Waals surface area contributed by atoms with Gasteiger partial charge in [0.2, 0.25) is 0 Å². The highest BCUT2D eigenvalue weighted by atomic mass is 16.5. The smallest absolute Gasteiger partial charge is 0.306 e. The van der Waals surface area contributed by atoms with Crippen LogP contribution in [-0.2, 0) is 14.3 Å². The monoisotopic (exact) mass is 215 g/mol. The summed E-state index contributed by atoms with van der Waals surface area (Å²) in [5.74, 6) is -0.125. The van der Waals surface area contributed by atoms with Gasteiger partial charge < -0.3 is 9.47 Å². The molecule has 0 aromatic carbocycles. The van der Waals surface area contributed by atoms with Gasteiger partial charge in [-0.2, -0.15) is 0 Å². The van der Waals surface area contributed by atoms with Crippen molar-refractivity contribution in [3.63, 3.8) is 0 Å². The molecule has 0 bridgehead atoms. The number of hydrogen-bond acceptors (Lipinski definition) is 4. The van der Waals surface area contributed by atoms with E-state index in [2.05, 4.69) is 16.6 Å². The largest absolute Gasteiger partial charge is 0.469 e. The Morgan fingerprint density at radius 1 is 1.47 bits per heavy atom. The average Bonchev–Trinajstić information content (AvgIpc) is 2.31. The Labute approximate surface area is 91.5 Å². The summed E-state index contributed by atoms with van der Waals surface area (Å²) in [5, 5.41) is 0. The van der Waals surface area contributed by atoms with Gasteiger partial charge in [-0.1, -0.05) is 6.92 Å². The molecule has 0 aliphatic carbocycles. The maximum atomic E-state index is 11.0. The van der Waals surface area contributed by atoms with Gasteiger partial charge in [0.1, 0.15) is 0 Å².